The first-order chi connectivity index (χ1) is 10.2. The van der Waals surface area contributed by atoms with Crippen molar-refractivity contribution in [2.75, 3.05) is 0 Å². The number of fused-ring (bicyclic) bond motifs is 1. The van der Waals surface area contributed by atoms with E-state index in [2.05, 4.69) is 19.6 Å². The highest BCUT2D eigenvalue weighted by atomic mass is 16.3. The van der Waals surface area contributed by atoms with E-state index in [1.54, 1.807) is 0 Å². The molecule has 0 spiro atoms. The molecule has 2 aliphatic carbocycles. The molecule has 0 aromatic heterocycles. The molecule has 0 saturated heterocycles. The molecule has 1 fully saturated rings. The molecule has 2 nitrogen and oxygen atoms in total. The Morgan fingerprint density at radius 3 is 2.82 bits per heavy atom. The van der Waals surface area contributed by atoms with Gasteiger partial charge >= 0.3 is 0 Å². The highest BCUT2D eigenvalue weighted by Gasteiger charge is 2.50. The van der Waals surface area contributed by atoms with Crippen molar-refractivity contribution in [1.29, 1.82) is 0 Å². The topological polar surface area (TPSA) is 40.5 Å². The van der Waals surface area contributed by atoms with E-state index in [0.717, 1.165) is 37.7 Å². The molecule has 5 atom stereocenters. The van der Waals surface area contributed by atoms with Crippen LogP contribution in [0.15, 0.2) is 35.5 Å². The molecule has 2 rings (SSSR count). The molecule has 0 unspecified atom stereocenters. The van der Waals surface area contributed by atoms with E-state index in [9.17, 15) is 10.2 Å². The lowest BCUT2D eigenvalue weighted by Crippen LogP contribution is -2.48. The Labute approximate surface area is 135 Å². The summed E-state index contributed by atoms with van der Waals surface area (Å²) in [6.45, 7) is 12.7. The average molecular weight is 304 g/mol. The van der Waals surface area contributed by atoms with Crippen LogP contribution in [0, 0.1) is 17.3 Å². The minimum absolute atomic E-state index is 0.172. The molecule has 0 radical (unpaired) electrons. The summed E-state index contributed by atoms with van der Waals surface area (Å²) in [5.41, 5.74) is 3.73. The van der Waals surface area contributed by atoms with Crippen molar-refractivity contribution >= 4 is 0 Å². The predicted octanol–water partition coefficient (Wildman–Crippen LogP) is 4.39. The number of allylic oxidation sites excluding steroid dienone is 3. The van der Waals surface area contributed by atoms with E-state index in [4.69, 9.17) is 0 Å². The lowest BCUT2D eigenvalue weighted by Gasteiger charge is -2.55. The highest BCUT2D eigenvalue weighted by molar-refractivity contribution is 5.19. The lowest BCUT2D eigenvalue weighted by molar-refractivity contribution is -0.0377. The average Bonchev–Trinajstić information content (AvgIpc) is 2.43. The zero-order valence-corrected chi connectivity index (χ0v) is 14.6. The predicted molar refractivity (Wildman–Crippen MR) is 92.5 cm³/mol. The third-order valence-electron chi connectivity index (χ3n) is 5.75. The van der Waals surface area contributed by atoms with E-state index >= 15 is 0 Å². The van der Waals surface area contributed by atoms with Crippen molar-refractivity contribution in [2.45, 2.75) is 72.0 Å². The van der Waals surface area contributed by atoms with Gasteiger partial charge in [0.25, 0.3) is 0 Å². The van der Waals surface area contributed by atoms with Gasteiger partial charge in [-0.25, -0.2) is 0 Å². The van der Waals surface area contributed by atoms with Gasteiger partial charge in [-0.05, 0) is 75.7 Å². The first-order valence-electron chi connectivity index (χ1n) is 8.58. The Morgan fingerprint density at radius 1 is 1.50 bits per heavy atom. The van der Waals surface area contributed by atoms with Gasteiger partial charge in [-0.2, -0.15) is 0 Å². The van der Waals surface area contributed by atoms with E-state index in [1.165, 1.54) is 11.1 Å². The second-order valence-corrected chi connectivity index (χ2v) is 7.98. The first-order valence-corrected chi connectivity index (χ1v) is 8.58. The van der Waals surface area contributed by atoms with Crippen LogP contribution >= 0.6 is 0 Å². The standard InChI is InChI=1S/C20H32O2/c1-13(2)10-16(21)11-20(5)12-17-14(3)7-9-19(22)15(4)6-8-18(17)20/h6,10,16-19,21-22H,3,7-9,11-12H2,1-2,4-5H3/b15-6-/t16-,17+,18+,19-,20+/m0/s1. The molecule has 22 heavy (non-hydrogen) atoms. The molecule has 2 N–H and O–H groups in total. The van der Waals surface area contributed by atoms with Crippen LogP contribution < -0.4 is 0 Å². The van der Waals surface area contributed by atoms with Gasteiger partial charge in [0, 0.05) is 0 Å². The summed E-state index contributed by atoms with van der Waals surface area (Å²) >= 11 is 0. The van der Waals surface area contributed by atoms with Gasteiger partial charge in [-0.15, -0.1) is 0 Å². The van der Waals surface area contributed by atoms with Crippen LogP contribution in [0.3, 0.4) is 0 Å². The molecule has 1 saturated carbocycles. The fourth-order valence-electron chi connectivity index (χ4n) is 4.34. The van der Waals surface area contributed by atoms with Gasteiger partial charge in [-0.3, -0.25) is 0 Å². The number of rotatable bonds is 3. The third-order valence-corrected chi connectivity index (χ3v) is 5.75. The molecule has 124 valence electrons. The van der Waals surface area contributed by atoms with Crippen LogP contribution in [-0.2, 0) is 0 Å². The molecule has 0 aromatic carbocycles. The van der Waals surface area contributed by atoms with Crippen molar-refractivity contribution in [2.24, 2.45) is 17.3 Å². The molecular formula is C20H32O2. The maximum absolute atomic E-state index is 10.3. The van der Waals surface area contributed by atoms with Crippen molar-refractivity contribution in [3.05, 3.63) is 35.5 Å². The van der Waals surface area contributed by atoms with Crippen molar-refractivity contribution in [1.82, 2.24) is 0 Å². The third kappa shape index (κ3) is 3.72. The Balaban J connectivity index is 2.13. The van der Waals surface area contributed by atoms with Gasteiger partial charge < -0.3 is 10.2 Å². The Kier molecular flexibility index (Phi) is 5.34. The normalized spacial score (nSPS) is 39.3. The van der Waals surface area contributed by atoms with Crippen LogP contribution in [0.1, 0.15) is 59.8 Å². The number of hydrogen-bond donors (Lipinski definition) is 2. The van der Waals surface area contributed by atoms with Crippen LogP contribution in [-0.4, -0.2) is 22.4 Å². The minimum Gasteiger partial charge on any atom is -0.389 e. The van der Waals surface area contributed by atoms with Gasteiger partial charge in [0.05, 0.1) is 12.2 Å². The SMILES string of the molecule is C=C1CC[C@H](O)/C(C)=C\C[C@@H]2[C@@H]1C[C@@]2(C)C[C@@H](O)C=C(C)C. The monoisotopic (exact) mass is 304 g/mol. The second kappa shape index (κ2) is 6.72. The number of aliphatic hydroxyl groups is 2. The summed E-state index contributed by atoms with van der Waals surface area (Å²) in [6.07, 6.45) is 8.14. The fraction of sp³-hybridized carbons (Fsp3) is 0.700. The van der Waals surface area contributed by atoms with E-state index in [-0.39, 0.29) is 17.6 Å². The van der Waals surface area contributed by atoms with Crippen molar-refractivity contribution < 1.29 is 10.2 Å². The molecule has 2 aliphatic rings. The van der Waals surface area contributed by atoms with E-state index in [1.807, 2.05) is 26.8 Å². The Bertz CT molecular complexity index is 484. The molecule has 0 heterocycles. The molecular weight excluding hydrogens is 272 g/mol. The fourth-order valence-corrected chi connectivity index (χ4v) is 4.34. The number of aliphatic hydroxyl groups excluding tert-OH is 2. The molecule has 0 aromatic rings. The largest absolute Gasteiger partial charge is 0.389 e. The van der Waals surface area contributed by atoms with Crippen molar-refractivity contribution in [3.8, 4) is 0 Å². The zero-order valence-electron chi connectivity index (χ0n) is 14.6. The molecule has 2 heteroatoms. The smallest absolute Gasteiger partial charge is 0.0750 e. The van der Waals surface area contributed by atoms with Gasteiger partial charge in [0.15, 0.2) is 0 Å². The van der Waals surface area contributed by atoms with E-state index in [0.29, 0.717) is 11.8 Å². The summed E-state index contributed by atoms with van der Waals surface area (Å²) in [7, 11) is 0. The van der Waals surface area contributed by atoms with Gasteiger partial charge in [-0.1, -0.05) is 36.8 Å². The van der Waals surface area contributed by atoms with E-state index < -0.39 is 0 Å². The van der Waals surface area contributed by atoms with Crippen LogP contribution in [0.25, 0.3) is 0 Å². The van der Waals surface area contributed by atoms with Gasteiger partial charge in [0.1, 0.15) is 0 Å². The first kappa shape index (κ1) is 17.5. The molecule has 0 amide bonds. The summed E-state index contributed by atoms with van der Waals surface area (Å²) in [5.74, 6) is 1.10. The maximum Gasteiger partial charge on any atom is 0.0750 e. The van der Waals surface area contributed by atoms with Crippen LogP contribution in [0.5, 0.6) is 0 Å². The zero-order chi connectivity index (χ0) is 16.5. The summed E-state index contributed by atoms with van der Waals surface area (Å²) in [6, 6.07) is 0. The Morgan fingerprint density at radius 2 is 2.18 bits per heavy atom. The molecule has 0 aliphatic heterocycles. The number of hydrogen-bond acceptors (Lipinski definition) is 2. The van der Waals surface area contributed by atoms with Crippen molar-refractivity contribution in [3.63, 3.8) is 0 Å². The Hall–Kier alpha value is -0.860. The van der Waals surface area contributed by atoms with Crippen LogP contribution in [0.4, 0.5) is 0 Å². The summed E-state index contributed by atoms with van der Waals surface area (Å²) in [4.78, 5) is 0. The van der Waals surface area contributed by atoms with Crippen LogP contribution in [0.2, 0.25) is 0 Å². The summed E-state index contributed by atoms with van der Waals surface area (Å²) in [5, 5.41) is 20.4. The summed E-state index contributed by atoms with van der Waals surface area (Å²) < 4.78 is 0. The van der Waals surface area contributed by atoms with Gasteiger partial charge in [0.2, 0.25) is 0 Å². The maximum atomic E-state index is 10.3. The molecule has 0 bridgehead atoms. The lowest BCUT2D eigenvalue weighted by atomic mass is 9.50. The minimum atomic E-state index is -0.354. The second-order valence-electron chi connectivity index (χ2n) is 7.98. The quantitative estimate of drug-likeness (QED) is 0.759. The highest BCUT2D eigenvalue weighted by Crippen LogP contribution is 2.58.